The molecule has 2 aromatic rings. The Hall–Kier alpha value is -2.35. The third-order valence-electron chi connectivity index (χ3n) is 3.06. The van der Waals surface area contributed by atoms with Crippen molar-refractivity contribution in [2.24, 2.45) is 5.41 Å². The summed E-state index contributed by atoms with van der Waals surface area (Å²) in [5.74, 6) is -0.408. The molecule has 0 saturated heterocycles. The summed E-state index contributed by atoms with van der Waals surface area (Å²) >= 11 is 1.17. The zero-order chi connectivity index (χ0) is 17.0. The summed E-state index contributed by atoms with van der Waals surface area (Å²) in [6.45, 7) is 5.56. The van der Waals surface area contributed by atoms with Crippen LogP contribution in [0.2, 0.25) is 0 Å². The molecule has 23 heavy (non-hydrogen) atoms. The highest BCUT2D eigenvalue weighted by atomic mass is 32.1. The van der Waals surface area contributed by atoms with E-state index in [0.29, 0.717) is 15.7 Å². The SMILES string of the molecule is COC(=O)[C@@H](NC(=O)c1cnc(-c2ncccn2)s1)C(C)(C)C. The minimum atomic E-state index is -0.751. The molecule has 1 atom stereocenters. The highest BCUT2D eigenvalue weighted by molar-refractivity contribution is 7.16. The van der Waals surface area contributed by atoms with Gasteiger partial charge in [-0.25, -0.2) is 19.7 Å². The first kappa shape index (κ1) is 17.0. The Morgan fingerprint density at radius 2 is 1.87 bits per heavy atom. The first-order valence-corrected chi connectivity index (χ1v) is 7.76. The number of ether oxygens (including phenoxy) is 1. The van der Waals surface area contributed by atoms with Crippen molar-refractivity contribution < 1.29 is 14.3 Å². The smallest absolute Gasteiger partial charge is 0.328 e. The Kier molecular flexibility index (Phi) is 5.05. The van der Waals surface area contributed by atoms with Crippen molar-refractivity contribution in [2.45, 2.75) is 26.8 Å². The summed E-state index contributed by atoms with van der Waals surface area (Å²) in [7, 11) is 1.30. The number of hydrogen-bond acceptors (Lipinski definition) is 7. The predicted octanol–water partition coefficient (Wildman–Crippen LogP) is 1.92. The lowest BCUT2D eigenvalue weighted by Gasteiger charge is -2.28. The summed E-state index contributed by atoms with van der Waals surface area (Å²) in [6, 6.07) is 0.952. The number of hydrogen-bond donors (Lipinski definition) is 1. The van der Waals surface area contributed by atoms with Gasteiger partial charge in [-0.05, 0) is 11.5 Å². The summed E-state index contributed by atoms with van der Waals surface area (Å²) in [5.41, 5.74) is -0.473. The van der Waals surface area contributed by atoms with Crippen LogP contribution in [0.15, 0.2) is 24.7 Å². The van der Waals surface area contributed by atoms with Crippen LogP contribution in [0.25, 0.3) is 10.8 Å². The molecule has 2 heterocycles. The van der Waals surface area contributed by atoms with Crippen LogP contribution in [0.5, 0.6) is 0 Å². The van der Waals surface area contributed by atoms with E-state index in [0.717, 1.165) is 0 Å². The number of methoxy groups -OCH3 is 1. The van der Waals surface area contributed by atoms with E-state index in [1.54, 1.807) is 18.5 Å². The molecule has 122 valence electrons. The molecule has 0 saturated carbocycles. The molecule has 0 spiro atoms. The molecule has 0 unspecified atom stereocenters. The van der Waals surface area contributed by atoms with Crippen molar-refractivity contribution in [1.82, 2.24) is 20.3 Å². The van der Waals surface area contributed by atoms with Gasteiger partial charge >= 0.3 is 5.97 Å². The maximum atomic E-state index is 12.4. The van der Waals surface area contributed by atoms with Crippen LogP contribution < -0.4 is 5.32 Å². The molecule has 7 nitrogen and oxygen atoms in total. The van der Waals surface area contributed by atoms with Crippen LogP contribution in [0.3, 0.4) is 0 Å². The van der Waals surface area contributed by atoms with Gasteiger partial charge in [0.15, 0.2) is 10.8 Å². The Balaban J connectivity index is 2.17. The van der Waals surface area contributed by atoms with E-state index < -0.39 is 17.4 Å². The summed E-state index contributed by atoms with van der Waals surface area (Å²) in [4.78, 5) is 37.0. The lowest BCUT2D eigenvalue weighted by Crippen LogP contribution is -2.49. The van der Waals surface area contributed by atoms with E-state index in [-0.39, 0.29) is 5.91 Å². The molecule has 0 aliphatic carbocycles. The van der Waals surface area contributed by atoms with Gasteiger partial charge in [0.05, 0.1) is 13.3 Å². The van der Waals surface area contributed by atoms with Crippen LogP contribution >= 0.6 is 11.3 Å². The zero-order valence-electron chi connectivity index (χ0n) is 13.4. The van der Waals surface area contributed by atoms with Crippen LogP contribution in [-0.4, -0.2) is 40.0 Å². The van der Waals surface area contributed by atoms with Crippen LogP contribution in [0.1, 0.15) is 30.4 Å². The number of amides is 1. The highest BCUT2D eigenvalue weighted by Crippen LogP contribution is 2.24. The highest BCUT2D eigenvalue weighted by Gasteiger charge is 2.34. The minimum Gasteiger partial charge on any atom is -0.467 e. The van der Waals surface area contributed by atoms with Crippen molar-refractivity contribution in [3.63, 3.8) is 0 Å². The van der Waals surface area contributed by atoms with Crippen molar-refractivity contribution >= 4 is 23.2 Å². The average Bonchev–Trinajstić information content (AvgIpc) is 3.01. The molecule has 1 amide bonds. The monoisotopic (exact) mass is 334 g/mol. The first-order chi connectivity index (χ1) is 10.8. The molecular weight excluding hydrogens is 316 g/mol. The first-order valence-electron chi connectivity index (χ1n) is 6.95. The van der Waals surface area contributed by atoms with Gasteiger partial charge in [0, 0.05) is 12.4 Å². The Bertz CT molecular complexity index is 694. The summed E-state index contributed by atoms with van der Waals surface area (Å²) in [5, 5.41) is 3.25. The molecular formula is C15H18N4O3S. The standard InChI is InChI=1S/C15H18N4O3S/c1-15(2,3)10(14(21)22-4)19-12(20)9-8-18-13(23-9)11-16-6-5-7-17-11/h5-8,10H,1-4H3,(H,19,20)/t10-/m1/s1. The van der Waals surface area contributed by atoms with Gasteiger partial charge in [-0.2, -0.15) is 0 Å². The fourth-order valence-electron chi connectivity index (χ4n) is 1.84. The topological polar surface area (TPSA) is 94.1 Å². The zero-order valence-corrected chi connectivity index (χ0v) is 14.2. The van der Waals surface area contributed by atoms with E-state index in [4.69, 9.17) is 4.74 Å². The second-order valence-corrected chi connectivity index (χ2v) is 6.93. The van der Waals surface area contributed by atoms with Crippen molar-refractivity contribution in [2.75, 3.05) is 7.11 Å². The van der Waals surface area contributed by atoms with Gasteiger partial charge in [0.2, 0.25) is 0 Å². The molecule has 0 fully saturated rings. The Morgan fingerprint density at radius 3 is 2.43 bits per heavy atom. The van der Waals surface area contributed by atoms with Crippen molar-refractivity contribution in [3.05, 3.63) is 29.5 Å². The predicted molar refractivity (Wildman–Crippen MR) is 85.9 cm³/mol. The number of aromatic nitrogens is 3. The molecule has 2 aromatic heterocycles. The molecule has 0 aromatic carbocycles. The van der Waals surface area contributed by atoms with Gasteiger partial charge in [0.1, 0.15) is 10.9 Å². The quantitative estimate of drug-likeness (QED) is 0.859. The second-order valence-electron chi connectivity index (χ2n) is 5.90. The summed E-state index contributed by atoms with van der Waals surface area (Å²) < 4.78 is 4.76. The van der Waals surface area contributed by atoms with Gasteiger partial charge in [-0.15, -0.1) is 11.3 Å². The Labute approximate surface area is 138 Å². The lowest BCUT2D eigenvalue weighted by molar-refractivity contribution is -0.145. The molecule has 0 aliphatic heterocycles. The molecule has 0 bridgehead atoms. The van der Waals surface area contributed by atoms with Crippen molar-refractivity contribution in [3.8, 4) is 10.8 Å². The molecule has 2 rings (SSSR count). The van der Waals surface area contributed by atoms with E-state index in [1.807, 2.05) is 20.8 Å². The van der Waals surface area contributed by atoms with Crippen LogP contribution in [-0.2, 0) is 9.53 Å². The number of nitrogens with one attached hydrogen (secondary N) is 1. The van der Waals surface area contributed by atoms with Crippen molar-refractivity contribution in [1.29, 1.82) is 0 Å². The summed E-state index contributed by atoms with van der Waals surface area (Å²) in [6.07, 6.45) is 4.66. The Morgan fingerprint density at radius 1 is 1.22 bits per heavy atom. The molecule has 8 heteroatoms. The number of carbonyl (C=O) groups excluding carboxylic acids is 2. The normalized spacial score (nSPS) is 12.5. The number of nitrogens with zero attached hydrogens (tertiary/aromatic N) is 3. The van der Waals surface area contributed by atoms with Gasteiger partial charge in [-0.3, -0.25) is 4.79 Å². The van der Waals surface area contributed by atoms with Crippen LogP contribution in [0.4, 0.5) is 0 Å². The van der Waals surface area contributed by atoms with E-state index in [9.17, 15) is 9.59 Å². The maximum Gasteiger partial charge on any atom is 0.328 e. The number of esters is 1. The van der Waals surface area contributed by atoms with E-state index >= 15 is 0 Å². The number of thiazole rings is 1. The fourth-order valence-corrected chi connectivity index (χ4v) is 2.61. The molecule has 1 N–H and O–H groups in total. The second kappa shape index (κ2) is 6.82. The average molecular weight is 334 g/mol. The molecule has 0 aliphatic rings. The fraction of sp³-hybridized carbons (Fsp3) is 0.400. The minimum absolute atomic E-state index is 0.380. The number of rotatable bonds is 4. The lowest BCUT2D eigenvalue weighted by atomic mass is 9.86. The third-order valence-corrected chi connectivity index (χ3v) is 4.06. The molecule has 0 radical (unpaired) electrons. The van der Waals surface area contributed by atoms with Gasteiger partial charge in [0.25, 0.3) is 5.91 Å². The van der Waals surface area contributed by atoms with Gasteiger partial charge in [-0.1, -0.05) is 20.8 Å². The van der Waals surface area contributed by atoms with E-state index in [2.05, 4.69) is 20.3 Å². The largest absolute Gasteiger partial charge is 0.467 e. The third kappa shape index (κ3) is 4.10. The van der Waals surface area contributed by atoms with E-state index in [1.165, 1.54) is 24.6 Å². The van der Waals surface area contributed by atoms with Crippen LogP contribution in [0, 0.1) is 5.41 Å². The number of carbonyl (C=O) groups is 2. The van der Waals surface area contributed by atoms with Gasteiger partial charge < -0.3 is 10.1 Å². The maximum absolute atomic E-state index is 12.4.